The zero-order chi connectivity index (χ0) is 13.7. The normalized spacial score (nSPS) is 11.5. The Morgan fingerprint density at radius 2 is 1.24 bits per heavy atom. The van der Waals surface area contributed by atoms with Gasteiger partial charge in [-0.1, -0.05) is 6.92 Å². The van der Waals surface area contributed by atoms with Crippen molar-refractivity contribution in [2.45, 2.75) is 32.7 Å². The van der Waals surface area contributed by atoms with Crippen molar-refractivity contribution in [1.82, 2.24) is 0 Å². The summed E-state index contributed by atoms with van der Waals surface area (Å²) in [6.07, 6.45) is 0. The van der Waals surface area contributed by atoms with Gasteiger partial charge < -0.3 is 22.8 Å². The average Bonchev–Trinajstić information content (AvgIpc) is 2.34. The fraction of sp³-hybridized carbons (Fsp3) is 1.00. The summed E-state index contributed by atoms with van der Waals surface area (Å²) in [5.41, 5.74) is 0. The lowest BCUT2D eigenvalue weighted by Crippen LogP contribution is -2.41. The minimum absolute atomic E-state index is 0.102. The molecule has 0 bridgehead atoms. The summed E-state index contributed by atoms with van der Waals surface area (Å²) in [5.74, 6) is 0.102. The van der Waals surface area contributed by atoms with Crippen LogP contribution in [-0.2, 0) is 22.8 Å². The van der Waals surface area contributed by atoms with Crippen LogP contribution >= 0.6 is 0 Å². The van der Waals surface area contributed by atoms with E-state index < -0.39 is 8.80 Å². The summed E-state index contributed by atoms with van der Waals surface area (Å²) in [6, 6.07) is 0.816. The Balaban J connectivity index is 0. The summed E-state index contributed by atoms with van der Waals surface area (Å²) in [5, 5.41) is 0. The molecule has 0 aliphatic rings. The molecule has 0 fully saturated rings. The minimum Gasteiger partial charge on any atom is -0.377 e. The average molecular weight is 285 g/mol. The summed E-state index contributed by atoms with van der Waals surface area (Å²) < 4.78 is 25.5. The lowest BCUT2D eigenvalue weighted by atomic mass is 10.9. The largest absolute Gasteiger partial charge is 0.499 e. The van der Waals surface area contributed by atoms with Crippen molar-refractivity contribution >= 4 is 19.0 Å². The van der Waals surface area contributed by atoms with Crippen LogP contribution in [-0.4, -0.2) is 59.5 Å². The molecule has 0 aliphatic carbocycles. The van der Waals surface area contributed by atoms with Crippen molar-refractivity contribution in [2.24, 2.45) is 0 Å². The summed E-state index contributed by atoms with van der Waals surface area (Å²) in [6.45, 7) is 7.46. The predicted octanol–water partition coefficient (Wildman–Crippen LogP) is 0.593. The molecule has 106 valence electrons. The van der Waals surface area contributed by atoms with Gasteiger partial charge in [-0.3, -0.25) is 0 Å². The molecule has 0 radical (unpaired) electrons. The first-order valence-electron chi connectivity index (χ1n) is 5.94. The predicted molar refractivity (Wildman–Crippen MR) is 74.2 cm³/mol. The highest BCUT2D eigenvalue weighted by Crippen LogP contribution is 2.10. The second kappa shape index (κ2) is 12.7. The maximum Gasteiger partial charge on any atom is 0.499 e. The van der Waals surface area contributed by atoms with Crippen molar-refractivity contribution in [3.05, 3.63) is 0 Å². The Hall–Kier alpha value is 0.234. The van der Waals surface area contributed by atoms with Crippen LogP contribution in [0.3, 0.4) is 0 Å². The second-order valence-electron chi connectivity index (χ2n) is 3.13. The zero-order valence-electron chi connectivity index (χ0n) is 12.2. The molecule has 0 heterocycles. The summed E-state index contributed by atoms with van der Waals surface area (Å²) in [7, 11) is 3.61. The standard InChI is InChI=1S/C5H14O3Si.C5H14O2Si/c1-5-9(6-2,7-3)8-4;1-3-6-5(8)7-4-2/h5H2,1-4H3;5H,3-4H2,1-2,8H3. The van der Waals surface area contributed by atoms with Crippen LogP contribution in [0.25, 0.3) is 0 Å². The molecular formula is C10H28O5Si2. The van der Waals surface area contributed by atoms with Crippen LogP contribution in [0.4, 0.5) is 0 Å². The SMILES string of the molecule is CCOC([SiH3])OCC.CC[Si](OC)(OC)OC. The summed E-state index contributed by atoms with van der Waals surface area (Å²) in [4.78, 5) is 0. The molecule has 0 aromatic carbocycles. The number of hydrogen-bond acceptors (Lipinski definition) is 5. The van der Waals surface area contributed by atoms with Crippen molar-refractivity contribution < 1.29 is 22.8 Å². The van der Waals surface area contributed by atoms with Crippen molar-refractivity contribution in [2.75, 3.05) is 34.5 Å². The van der Waals surface area contributed by atoms with Gasteiger partial charge in [-0.25, -0.2) is 0 Å². The fourth-order valence-electron chi connectivity index (χ4n) is 1.20. The number of rotatable bonds is 8. The Bertz CT molecular complexity index is 132. The summed E-state index contributed by atoms with van der Waals surface area (Å²) >= 11 is 0. The van der Waals surface area contributed by atoms with E-state index in [1.807, 2.05) is 20.8 Å². The van der Waals surface area contributed by atoms with Gasteiger partial charge in [0, 0.05) is 40.6 Å². The molecule has 7 heteroatoms. The van der Waals surface area contributed by atoms with E-state index in [4.69, 9.17) is 22.8 Å². The van der Waals surface area contributed by atoms with Crippen LogP contribution in [0.1, 0.15) is 20.8 Å². The van der Waals surface area contributed by atoms with E-state index >= 15 is 0 Å². The van der Waals surface area contributed by atoms with E-state index in [-0.39, 0.29) is 5.91 Å². The molecular weight excluding hydrogens is 256 g/mol. The lowest BCUT2D eigenvalue weighted by molar-refractivity contribution is -0.0801. The van der Waals surface area contributed by atoms with Crippen LogP contribution in [0.2, 0.25) is 6.04 Å². The highest BCUT2D eigenvalue weighted by molar-refractivity contribution is 6.60. The fourth-order valence-corrected chi connectivity index (χ4v) is 3.23. The first-order valence-corrected chi connectivity index (χ1v) is 9.02. The molecule has 0 saturated heterocycles. The van der Waals surface area contributed by atoms with Gasteiger partial charge in [-0.05, 0) is 13.8 Å². The molecule has 0 aromatic rings. The van der Waals surface area contributed by atoms with Crippen LogP contribution < -0.4 is 0 Å². The molecule has 0 saturated carbocycles. The number of hydrogen-bond donors (Lipinski definition) is 0. The van der Waals surface area contributed by atoms with Gasteiger partial charge in [-0.15, -0.1) is 0 Å². The van der Waals surface area contributed by atoms with E-state index in [9.17, 15) is 0 Å². The third-order valence-electron chi connectivity index (χ3n) is 2.17. The Morgan fingerprint density at radius 1 is 0.882 bits per heavy atom. The van der Waals surface area contributed by atoms with Gasteiger partial charge in [0.25, 0.3) is 0 Å². The quantitative estimate of drug-likeness (QED) is 0.482. The highest BCUT2D eigenvalue weighted by atomic mass is 28.4. The zero-order valence-corrected chi connectivity index (χ0v) is 15.2. The van der Waals surface area contributed by atoms with Gasteiger partial charge in [-0.2, -0.15) is 0 Å². The van der Waals surface area contributed by atoms with Gasteiger partial charge in [0.15, 0.2) is 0 Å². The Labute approximate surface area is 110 Å². The highest BCUT2D eigenvalue weighted by Gasteiger charge is 2.34. The van der Waals surface area contributed by atoms with Gasteiger partial charge in [0.05, 0.1) is 10.2 Å². The molecule has 0 N–H and O–H groups in total. The first kappa shape index (κ1) is 19.6. The molecule has 0 aliphatic heterocycles. The molecule has 0 atom stereocenters. The minimum atomic E-state index is -2.19. The molecule has 5 nitrogen and oxygen atoms in total. The monoisotopic (exact) mass is 284 g/mol. The van der Waals surface area contributed by atoms with Crippen molar-refractivity contribution in [1.29, 1.82) is 0 Å². The van der Waals surface area contributed by atoms with Crippen molar-refractivity contribution in [3.8, 4) is 0 Å². The van der Waals surface area contributed by atoms with E-state index in [2.05, 4.69) is 0 Å². The third kappa shape index (κ3) is 9.89. The first-order chi connectivity index (χ1) is 8.05. The third-order valence-corrected chi connectivity index (χ3v) is 5.57. The maximum absolute atomic E-state index is 5.12. The van der Waals surface area contributed by atoms with Crippen LogP contribution in [0.5, 0.6) is 0 Å². The van der Waals surface area contributed by atoms with E-state index in [0.717, 1.165) is 29.5 Å². The van der Waals surface area contributed by atoms with E-state index in [1.54, 1.807) is 21.3 Å². The molecule has 0 spiro atoms. The Kier molecular flexibility index (Phi) is 14.6. The molecule has 17 heavy (non-hydrogen) atoms. The molecule has 0 unspecified atom stereocenters. The topological polar surface area (TPSA) is 46.2 Å². The van der Waals surface area contributed by atoms with E-state index in [1.165, 1.54) is 0 Å². The van der Waals surface area contributed by atoms with Crippen molar-refractivity contribution in [3.63, 3.8) is 0 Å². The van der Waals surface area contributed by atoms with Crippen LogP contribution in [0.15, 0.2) is 0 Å². The van der Waals surface area contributed by atoms with E-state index in [0.29, 0.717) is 0 Å². The van der Waals surface area contributed by atoms with Gasteiger partial charge in [0.2, 0.25) is 0 Å². The molecule has 0 rings (SSSR count). The smallest absolute Gasteiger partial charge is 0.377 e. The van der Waals surface area contributed by atoms with Crippen LogP contribution in [0, 0.1) is 0 Å². The maximum atomic E-state index is 5.12. The second-order valence-corrected chi connectivity index (χ2v) is 7.37. The lowest BCUT2D eigenvalue weighted by Gasteiger charge is -2.22. The van der Waals surface area contributed by atoms with Gasteiger partial charge >= 0.3 is 8.80 Å². The number of ether oxygens (including phenoxy) is 2. The Morgan fingerprint density at radius 3 is 1.35 bits per heavy atom. The molecule has 0 aromatic heterocycles. The van der Waals surface area contributed by atoms with Gasteiger partial charge in [0.1, 0.15) is 5.91 Å². The molecule has 0 amide bonds.